The Labute approximate surface area is 69.8 Å². The third kappa shape index (κ3) is 1.27. The third-order valence-electron chi connectivity index (χ3n) is 1.75. The summed E-state index contributed by atoms with van der Waals surface area (Å²) < 4.78 is 12.7. The van der Waals surface area contributed by atoms with Crippen LogP contribution in [0.25, 0.3) is 0 Å². The van der Waals surface area contributed by atoms with Gasteiger partial charge in [0.05, 0.1) is 0 Å². The zero-order valence-electron chi connectivity index (χ0n) is 6.23. The second-order valence-corrected chi connectivity index (χ2v) is 4.07. The van der Waals surface area contributed by atoms with E-state index in [1.807, 2.05) is 6.07 Å². The average molecular weight is 167 g/mol. The van der Waals surface area contributed by atoms with Crippen LogP contribution in [0.3, 0.4) is 0 Å². The van der Waals surface area contributed by atoms with Crippen molar-refractivity contribution in [3.8, 4) is 0 Å². The van der Waals surface area contributed by atoms with Gasteiger partial charge in [-0.25, -0.2) is 4.39 Å². The highest BCUT2D eigenvalue weighted by molar-refractivity contribution is 8.02. The van der Waals surface area contributed by atoms with Gasteiger partial charge in [-0.3, -0.25) is 0 Å². The summed E-state index contributed by atoms with van der Waals surface area (Å²) in [5, 5.41) is 1.35. The summed E-state index contributed by atoms with van der Waals surface area (Å²) in [5.41, 5.74) is 1.26. The van der Waals surface area contributed by atoms with Crippen LogP contribution in [0.4, 0.5) is 4.39 Å². The van der Waals surface area contributed by atoms with Crippen molar-refractivity contribution in [3.05, 3.63) is 34.8 Å². The molecule has 0 aromatic heterocycles. The Hall–Kier alpha value is -0.500. The predicted molar refractivity (Wildman–Crippen MR) is 44.9 cm³/mol. The fraction of sp³-hybridized carbons (Fsp3) is 0.222. The Morgan fingerprint density at radius 2 is 2.27 bits per heavy atom. The lowest BCUT2D eigenvalue weighted by molar-refractivity contribution is 0.623. The molecule has 0 bridgehead atoms. The van der Waals surface area contributed by atoms with Crippen molar-refractivity contribution in [2.45, 2.75) is 18.2 Å². The van der Waals surface area contributed by atoms with Gasteiger partial charge < -0.3 is 0 Å². The molecule has 11 heavy (non-hydrogen) atoms. The Morgan fingerprint density at radius 1 is 1.45 bits per heavy atom. The fourth-order valence-electron chi connectivity index (χ4n) is 1.26. The lowest BCUT2D eigenvalue weighted by Crippen LogP contribution is -1.82. The van der Waals surface area contributed by atoms with Crippen molar-refractivity contribution in [1.29, 1.82) is 0 Å². The molecule has 0 saturated carbocycles. The van der Waals surface area contributed by atoms with E-state index in [0.29, 0.717) is 0 Å². The molecule has 57 valence electrons. The van der Waals surface area contributed by atoms with Crippen LogP contribution < -0.4 is 0 Å². The van der Waals surface area contributed by atoms with Gasteiger partial charge in [0.1, 0.15) is 5.82 Å². The third-order valence-corrected chi connectivity index (χ3v) is 2.85. The van der Waals surface area contributed by atoms with Crippen LogP contribution in [0.15, 0.2) is 23.1 Å². The molecule has 1 radical (unpaired) electrons. The van der Waals surface area contributed by atoms with Crippen LogP contribution in [-0.4, -0.2) is 0 Å². The molecule has 0 nitrogen and oxygen atoms in total. The summed E-state index contributed by atoms with van der Waals surface area (Å²) >= 11 is 1.68. The number of halogens is 1. The summed E-state index contributed by atoms with van der Waals surface area (Å²) in [7, 11) is 0. The largest absolute Gasteiger partial charge is 0.207 e. The molecule has 0 unspecified atom stereocenters. The molecule has 1 heterocycles. The van der Waals surface area contributed by atoms with Gasteiger partial charge >= 0.3 is 0 Å². The Bertz CT molecular complexity index is 283. The molecule has 0 amide bonds. The molecule has 0 N–H and O–H groups in total. The maximum atomic E-state index is 12.7. The summed E-state index contributed by atoms with van der Waals surface area (Å²) in [5.74, 6) is -0.133. The lowest BCUT2D eigenvalue weighted by atomic mass is 10.1. The van der Waals surface area contributed by atoms with Gasteiger partial charge in [0.25, 0.3) is 0 Å². The molecule has 0 aliphatic carbocycles. The van der Waals surface area contributed by atoms with Crippen molar-refractivity contribution >= 4 is 11.8 Å². The van der Waals surface area contributed by atoms with Crippen molar-refractivity contribution in [1.82, 2.24) is 0 Å². The van der Waals surface area contributed by atoms with E-state index >= 15 is 0 Å². The minimum Gasteiger partial charge on any atom is -0.207 e. The van der Waals surface area contributed by atoms with Gasteiger partial charge in [-0.05, 0) is 31.0 Å². The highest BCUT2D eigenvalue weighted by atomic mass is 32.2. The van der Waals surface area contributed by atoms with Crippen LogP contribution in [0.1, 0.15) is 12.5 Å². The molecule has 1 aromatic rings. The summed E-state index contributed by atoms with van der Waals surface area (Å²) in [4.78, 5) is 1.09. The molecular weight excluding hydrogens is 159 g/mol. The van der Waals surface area contributed by atoms with Gasteiger partial charge in [-0.2, -0.15) is 0 Å². The molecule has 1 aromatic carbocycles. The number of hydrogen-bond acceptors (Lipinski definition) is 1. The van der Waals surface area contributed by atoms with Crippen LogP contribution >= 0.6 is 11.8 Å². The first kappa shape index (κ1) is 7.17. The first-order chi connectivity index (χ1) is 5.25. The van der Waals surface area contributed by atoms with Gasteiger partial charge in [0.15, 0.2) is 0 Å². The second kappa shape index (κ2) is 2.52. The van der Waals surface area contributed by atoms with Gasteiger partial charge in [0.2, 0.25) is 0 Å². The quantitative estimate of drug-likeness (QED) is 0.572. The Kier molecular flexibility index (Phi) is 1.64. The maximum Gasteiger partial charge on any atom is 0.124 e. The molecule has 2 heteroatoms. The monoisotopic (exact) mass is 167 g/mol. The van der Waals surface area contributed by atoms with E-state index in [1.54, 1.807) is 17.8 Å². The summed E-state index contributed by atoms with van der Waals surface area (Å²) in [6.45, 7) is 2.09. The highest BCUT2D eigenvalue weighted by Gasteiger charge is 2.18. The van der Waals surface area contributed by atoms with E-state index in [9.17, 15) is 4.39 Å². The smallest absolute Gasteiger partial charge is 0.124 e. The van der Waals surface area contributed by atoms with Gasteiger partial charge in [-0.15, -0.1) is 11.8 Å². The highest BCUT2D eigenvalue weighted by Crippen LogP contribution is 2.41. The number of benzene rings is 1. The van der Waals surface area contributed by atoms with E-state index in [2.05, 4.69) is 6.92 Å². The second-order valence-electron chi connectivity index (χ2n) is 2.73. The van der Waals surface area contributed by atoms with E-state index in [-0.39, 0.29) is 5.82 Å². The minimum absolute atomic E-state index is 0.133. The molecule has 0 saturated heterocycles. The molecule has 2 rings (SSSR count). The topological polar surface area (TPSA) is 0 Å². The Balaban J connectivity index is 2.43. The first-order valence-corrected chi connectivity index (χ1v) is 4.36. The first-order valence-electron chi connectivity index (χ1n) is 3.54. The van der Waals surface area contributed by atoms with Crippen LogP contribution in [0, 0.1) is 11.1 Å². The molecule has 1 aliphatic rings. The van der Waals surface area contributed by atoms with Crippen LogP contribution in [0.5, 0.6) is 0 Å². The Morgan fingerprint density at radius 3 is 3.09 bits per heavy atom. The number of fused-ring (bicyclic) bond motifs is 1. The normalized spacial score (nSPS) is 16.9. The van der Waals surface area contributed by atoms with Crippen LogP contribution in [0.2, 0.25) is 0 Å². The standard InChI is InChI=1S/C9H8FS/c1-6-4-7-2-3-8(10)5-9(7)11-6/h2-3,5H,4H2,1H3. The number of thioether (sulfide) groups is 1. The van der Waals surface area contributed by atoms with Crippen molar-refractivity contribution in [2.75, 3.05) is 0 Å². The van der Waals surface area contributed by atoms with E-state index in [1.165, 1.54) is 16.9 Å². The fourth-order valence-corrected chi connectivity index (χ4v) is 2.31. The molecular formula is C9H8FS. The molecule has 0 atom stereocenters. The summed E-state index contributed by atoms with van der Waals surface area (Å²) in [6, 6.07) is 5.00. The lowest BCUT2D eigenvalue weighted by Gasteiger charge is -1.94. The zero-order chi connectivity index (χ0) is 7.84. The van der Waals surface area contributed by atoms with Crippen molar-refractivity contribution in [2.24, 2.45) is 0 Å². The minimum atomic E-state index is -0.133. The number of rotatable bonds is 0. The van der Waals surface area contributed by atoms with E-state index < -0.39 is 0 Å². The van der Waals surface area contributed by atoms with Gasteiger partial charge in [0, 0.05) is 10.1 Å². The average Bonchev–Trinajstić information content (AvgIpc) is 2.27. The van der Waals surface area contributed by atoms with E-state index in [4.69, 9.17) is 0 Å². The maximum absolute atomic E-state index is 12.7. The number of hydrogen-bond donors (Lipinski definition) is 0. The summed E-state index contributed by atoms with van der Waals surface area (Å²) in [6.07, 6.45) is 1.00. The van der Waals surface area contributed by atoms with Crippen molar-refractivity contribution in [3.63, 3.8) is 0 Å². The molecule has 0 fully saturated rings. The molecule has 1 aliphatic heterocycles. The zero-order valence-corrected chi connectivity index (χ0v) is 7.04. The molecule has 0 spiro atoms. The van der Waals surface area contributed by atoms with Crippen LogP contribution in [-0.2, 0) is 6.42 Å². The van der Waals surface area contributed by atoms with E-state index in [0.717, 1.165) is 11.3 Å². The predicted octanol–water partition coefficient (Wildman–Crippen LogP) is 3.03. The van der Waals surface area contributed by atoms with Crippen molar-refractivity contribution < 1.29 is 4.39 Å². The van der Waals surface area contributed by atoms with Gasteiger partial charge in [-0.1, -0.05) is 6.07 Å². The SMILES string of the molecule is C[C]1Cc2ccc(F)cc2S1.